The molecule has 0 saturated heterocycles. The van der Waals surface area contributed by atoms with E-state index in [4.69, 9.17) is 0 Å². The highest BCUT2D eigenvalue weighted by Gasteiger charge is 2.23. The van der Waals surface area contributed by atoms with Gasteiger partial charge in [0.15, 0.2) is 5.78 Å². The molecule has 1 heteroatoms. The SMILES string of the molecule is CC(C)(C)C(=O)c1ccc2c(c1)CC/C=C\CC2. The van der Waals surface area contributed by atoms with Gasteiger partial charge in [-0.15, -0.1) is 0 Å². The largest absolute Gasteiger partial charge is 0.294 e. The van der Waals surface area contributed by atoms with Gasteiger partial charge >= 0.3 is 0 Å². The van der Waals surface area contributed by atoms with E-state index < -0.39 is 0 Å². The Labute approximate surface area is 110 Å². The van der Waals surface area contributed by atoms with Crippen LogP contribution >= 0.6 is 0 Å². The van der Waals surface area contributed by atoms with Crippen LogP contribution in [0.3, 0.4) is 0 Å². The molecule has 0 N–H and O–H groups in total. The van der Waals surface area contributed by atoms with Gasteiger partial charge in [-0.3, -0.25) is 4.79 Å². The lowest BCUT2D eigenvalue weighted by molar-refractivity contribution is 0.0858. The highest BCUT2D eigenvalue weighted by Crippen LogP contribution is 2.24. The molecule has 0 bridgehead atoms. The van der Waals surface area contributed by atoms with Crippen molar-refractivity contribution in [2.45, 2.75) is 46.5 Å². The maximum absolute atomic E-state index is 12.3. The van der Waals surface area contributed by atoms with Crippen LogP contribution in [0.1, 0.15) is 55.1 Å². The molecular weight excluding hydrogens is 220 g/mol. The molecule has 1 aliphatic rings. The lowest BCUT2D eigenvalue weighted by Gasteiger charge is -2.18. The van der Waals surface area contributed by atoms with E-state index in [1.165, 1.54) is 11.1 Å². The first-order chi connectivity index (χ1) is 8.48. The zero-order valence-electron chi connectivity index (χ0n) is 11.6. The Morgan fingerprint density at radius 1 is 1.00 bits per heavy atom. The number of hydrogen-bond acceptors (Lipinski definition) is 1. The number of carbonyl (C=O) groups is 1. The molecule has 0 amide bonds. The number of rotatable bonds is 1. The van der Waals surface area contributed by atoms with Gasteiger partial charge in [-0.25, -0.2) is 0 Å². The van der Waals surface area contributed by atoms with Crippen molar-refractivity contribution in [3.63, 3.8) is 0 Å². The first-order valence-electron chi connectivity index (χ1n) is 6.80. The molecule has 1 aliphatic carbocycles. The minimum Gasteiger partial charge on any atom is -0.294 e. The van der Waals surface area contributed by atoms with Crippen LogP contribution < -0.4 is 0 Å². The Morgan fingerprint density at radius 3 is 2.22 bits per heavy atom. The summed E-state index contributed by atoms with van der Waals surface area (Å²) in [7, 11) is 0. The number of benzene rings is 1. The second-order valence-electron chi connectivity index (χ2n) is 6.11. The predicted octanol–water partition coefficient (Wildman–Crippen LogP) is 4.35. The zero-order chi connectivity index (χ0) is 13.2. The summed E-state index contributed by atoms with van der Waals surface area (Å²) in [5.41, 5.74) is 3.33. The number of allylic oxidation sites excluding steroid dienone is 2. The number of hydrogen-bond donors (Lipinski definition) is 0. The van der Waals surface area contributed by atoms with Crippen LogP contribution in [0, 0.1) is 5.41 Å². The quantitative estimate of drug-likeness (QED) is 0.528. The third-order valence-electron chi connectivity index (χ3n) is 3.48. The summed E-state index contributed by atoms with van der Waals surface area (Å²) >= 11 is 0. The van der Waals surface area contributed by atoms with E-state index in [0.717, 1.165) is 31.2 Å². The molecule has 0 aromatic heterocycles. The second kappa shape index (κ2) is 5.09. The van der Waals surface area contributed by atoms with Gasteiger partial charge in [0, 0.05) is 11.0 Å². The number of ketones is 1. The monoisotopic (exact) mass is 242 g/mol. The first-order valence-corrected chi connectivity index (χ1v) is 6.80. The summed E-state index contributed by atoms with van der Waals surface area (Å²) in [4.78, 5) is 12.3. The van der Waals surface area contributed by atoms with Gasteiger partial charge < -0.3 is 0 Å². The van der Waals surface area contributed by atoms with E-state index in [1.807, 2.05) is 26.8 Å². The van der Waals surface area contributed by atoms with Crippen molar-refractivity contribution in [2.75, 3.05) is 0 Å². The van der Waals surface area contributed by atoms with E-state index in [1.54, 1.807) is 0 Å². The van der Waals surface area contributed by atoms with Crippen LogP contribution in [0.25, 0.3) is 0 Å². The van der Waals surface area contributed by atoms with Crippen molar-refractivity contribution >= 4 is 5.78 Å². The Kier molecular flexibility index (Phi) is 3.70. The Hall–Kier alpha value is -1.37. The van der Waals surface area contributed by atoms with Crippen molar-refractivity contribution in [2.24, 2.45) is 5.41 Å². The third-order valence-corrected chi connectivity index (χ3v) is 3.48. The van der Waals surface area contributed by atoms with Crippen molar-refractivity contribution in [3.05, 3.63) is 47.0 Å². The summed E-state index contributed by atoms with van der Waals surface area (Å²) in [6, 6.07) is 6.26. The van der Waals surface area contributed by atoms with Crippen LogP contribution in [-0.4, -0.2) is 5.78 Å². The molecule has 0 aliphatic heterocycles. The van der Waals surface area contributed by atoms with Crippen LogP contribution in [0.15, 0.2) is 30.4 Å². The molecule has 96 valence electrons. The van der Waals surface area contributed by atoms with Gasteiger partial charge in [-0.1, -0.05) is 45.1 Å². The van der Waals surface area contributed by atoms with E-state index in [-0.39, 0.29) is 11.2 Å². The summed E-state index contributed by atoms with van der Waals surface area (Å²) in [5, 5.41) is 0. The molecule has 0 spiro atoms. The number of fused-ring (bicyclic) bond motifs is 1. The predicted molar refractivity (Wildman–Crippen MR) is 76.0 cm³/mol. The van der Waals surface area contributed by atoms with Gasteiger partial charge in [-0.05, 0) is 42.9 Å². The molecule has 0 heterocycles. The summed E-state index contributed by atoms with van der Waals surface area (Å²) in [5.74, 6) is 0.239. The average Bonchev–Trinajstić information content (AvgIpc) is 2.27. The molecule has 0 saturated carbocycles. The molecule has 0 unspecified atom stereocenters. The maximum atomic E-state index is 12.3. The van der Waals surface area contributed by atoms with E-state index in [0.29, 0.717) is 0 Å². The minimum absolute atomic E-state index is 0.239. The average molecular weight is 242 g/mol. The highest BCUT2D eigenvalue weighted by molar-refractivity contribution is 6.00. The van der Waals surface area contributed by atoms with Crippen LogP contribution in [0.5, 0.6) is 0 Å². The maximum Gasteiger partial charge on any atom is 0.168 e. The van der Waals surface area contributed by atoms with E-state index in [2.05, 4.69) is 24.3 Å². The van der Waals surface area contributed by atoms with Gasteiger partial charge in [0.2, 0.25) is 0 Å². The number of carbonyl (C=O) groups excluding carboxylic acids is 1. The summed E-state index contributed by atoms with van der Waals surface area (Å²) in [6.45, 7) is 5.94. The Balaban J connectivity index is 2.32. The molecule has 0 atom stereocenters. The van der Waals surface area contributed by atoms with E-state index in [9.17, 15) is 4.79 Å². The Bertz CT molecular complexity index is 475. The second-order valence-corrected chi connectivity index (χ2v) is 6.11. The molecule has 0 radical (unpaired) electrons. The topological polar surface area (TPSA) is 17.1 Å². The van der Waals surface area contributed by atoms with Gasteiger partial charge in [0.1, 0.15) is 0 Å². The van der Waals surface area contributed by atoms with Gasteiger partial charge in [-0.2, -0.15) is 0 Å². The lowest BCUT2D eigenvalue weighted by atomic mass is 9.84. The number of aryl methyl sites for hydroxylation is 2. The van der Waals surface area contributed by atoms with Gasteiger partial charge in [0.05, 0.1) is 0 Å². The van der Waals surface area contributed by atoms with Crippen molar-refractivity contribution in [1.82, 2.24) is 0 Å². The molecular formula is C17H22O. The molecule has 2 rings (SSSR count). The first kappa shape index (κ1) is 13.1. The fourth-order valence-electron chi connectivity index (χ4n) is 2.39. The smallest absolute Gasteiger partial charge is 0.168 e. The third kappa shape index (κ3) is 2.90. The van der Waals surface area contributed by atoms with Crippen molar-refractivity contribution in [1.29, 1.82) is 0 Å². The molecule has 1 aromatic rings. The highest BCUT2D eigenvalue weighted by atomic mass is 16.1. The normalized spacial score (nSPS) is 17.5. The molecule has 18 heavy (non-hydrogen) atoms. The van der Waals surface area contributed by atoms with Gasteiger partial charge in [0.25, 0.3) is 0 Å². The van der Waals surface area contributed by atoms with E-state index >= 15 is 0 Å². The van der Waals surface area contributed by atoms with Crippen LogP contribution in [0.2, 0.25) is 0 Å². The molecule has 1 aromatic carbocycles. The van der Waals surface area contributed by atoms with Crippen molar-refractivity contribution in [3.8, 4) is 0 Å². The lowest BCUT2D eigenvalue weighted by Crippen LogP contribution is -2.20. The fourth-order valence-corrected chi connectivity index (χ4v) is 2.39. The van der Waals surface area contributed by atoms with Crippen LogP contribution in [0.4, 0.5) is 0 Å². The summed E-state index contributed by atoms with van der Waals surface area (Å²) in [6.07, 6.45) is 8.85. The minimum atomic E-state index is -0.296. The summed E-state index contributed by atoms with van der Waals surface area (Å²) < 4.78 is 0. The Morgan fingerprint density at radius 2 is 1.61 bits per heavy atom. The number of Topliss-reactive ketones (excluding diaryl/α,β-unsaturated/α-hetero) is 1. The fraction of sp³-hybridized carbons (Fsp3) is 0.471. The molecule has 0 fully saturated rings. The standard InChI is InChI=1S/C17H22O/c1-17(2,3)16(18)15-11-10-13-8-6-4-5-7-9-14(13)12-15/h4-5,10-12H,6-9H2,1-3H3/b5-4-. The molecule has 1 nitrogen and oxygen atoms in total. The van der Waals surface area contributed by atoms with Crippen LogP contribution in [-0.2, 0) is 12.8 Å². The zero-order valence-corrected chi connectivity index (χ0v) is 11.6. The van der Waals surface area contributed by atoms with Crippen molar-refractivity contribution < 1.29 is 4.79 Å².